The first-order valence-corrected chi connectivity index (χ1v) is 6.26. The second kappa shape index (κ2) is 3.89. The molecule has 0 saturated carbocycles. The van der Waals surface area contributed by atoms with Gasteiger partial charge in [0.05, 0.1) is 5.56 Å². The van der Waals surface area contributed by atoms with E-state index in [-0.39, 0.29) is 11.8 Å². The van der Waals surface area contributed by atoms with E-state index in [2.05, 4.69) is 20.8 Å². The second-order valence-corrected chi connectivity index (χ2v) is 4.80. The quantitative estimate of drug-likeness (QED) is 0.752. The van der Waals surface area contributed by atoms with Crippen LogP contribution in [0.25, 0.3) is 0 Å². The van der Waals surface area contributed by atoms with Gasteiger partial charge in [-0.2, -0.15) is 5.10 Å². The fourth-order valence-corrected chi connectivity index (χ4v) is 3.15. The van der Waals surface area contributed by atoms with Crippen molar-refractivity contribution in [2.75, 3.05) is 18.9 Å². The van der Waals surface area contributed by atoms with Crippen LogP contribution in [0.15, 0.2) is 17.6 Å². The molecular weight excluding hydrogens is 236 g/mol. The van der Waals surface area contributed by atoms with Gasteiger partial charge in [0.1, 0.15) is 5.00 Å². The Morgan fingerprint density at radius 2 is 2.47 bits per heavy atom. The summed E-state index contributed by atoms with van der Waals surface area (Å²) in [5.74, 6) is 0.171. The predicted octanol–water partition coefficient (Wildman–Crippen LogP) is 1.39. The highest BCUT2D eigenvalue weighted by Gasteiger charge is 2.30. The van der Waals surface area contributed by atoms with Crippen LogP contribution in [0.1, 0.15) is 27.5 Å². The molecule has 1 amide bonds. The number of rotatable bonds is 2. The van der Waals surface area contributed by atoms with Crippen molar-refractivity contribution in [1.29, 1.82) is 0 Å². The van der Waals surface area contributed by atoms with Crippen molar-refractivity contribution in [3.63, 3.8) is 0 Å². The van der Waals surface area contributed by atoms with Crippen LogP contribution in [-0.4, -0.2) is 29.7 Å². The number of amides is 1. The zero-order valence-corrected chi connectivity index (χ0v) is 10.1. The van der Waals surface area contributed by atoms with Gasteiger partial charge in [-0.05, 0) is 17.0 Å². The lowest BCUT2D eigenvalue weighted by Crippen LogP contribution is -2.35. The van der Waals surface area contributed by atoms with Crippen LogP contribution in [0.4, 0.5) is 5.00 Å². The first kappa shape index (κ1) is 10.3. The molecule has 1 aliphatic heterocycles. The third-order valence-electron chi connectivity index (χ3n) is 3.01. The first-order chi connectivity index (χ1) is 8.31. The lowest BCUT2D eigenvalue weighted by Gasteiger charge is -2.22. The fraction of sp³-hybridized carbons (Fsp3) is 0.273. The van der Waals surface area contributed by atoms with Gasteiger partial charge in [-0.25, -0.2) is 0 Å². The molecule has 0 fully saturated rings. The minimum absolute atomic E-state index is 0.00126. The van der Waals surface area contributed by atoms with E-state index in [9.17, 15) is 4.79 Å². The summed E-state index contributed by atoms with van der Waals surface area (Å²) >= 11 is 1.56. The molecule has 3 heterocycles. The van der Waals surface area contributed by atoms with Crippen LogP contribution in [0.5, 0.6) is 0 Å². The number of anilines is 1. The molecular formula is C11H12N4OS. The molecule has 3 N–H and O–H groups in total. The number of fused-ring (bicyclic) bond motifs is 1. The number of carbonyl (C=O) groups is 1. The average Bonchev–Trinajstić information content (AvgIpc) is 2.98. The molecule has 0 aromatic carbocycles. The number of aromatic nitrogens is 2. The third-order valence-corrected chi connectivity index (χ3v) is 4.03. The summed E-state index contributed by atoms with van der Waals surface area (Å²) in [4.78, 5) is 11.9. The highest BCUT2D eigenvalue weighted by atomic mass is 32.1. The molecule has 0 aliphatic carbocycles. The topological polar surface area (TPSA) is 69.8 Å². The Morgan fingerprint density at radius 1 is 1.59 bits per heavy atom. The van der Waals surface area contributed by atoms with E-state index in [1.54, 1.807) is 17.5 Å². The van der Waals surface area contributed by atoms with E-state index in [0.717, 1.165) is 21.8 Å². The number of nitrogens with zero attached hydrogens (tertiary/aromatic N) is 1. The Hall–Kier alpha value is -1.82. The fourth-order valence-electron chi connectivity index (χ4n) is 2.18. The minimum Gasteiger partial charge on any atom is -0.379 e. The van der Waals surface area contributed by atoms with Crippen molar-refractivity contribution in [1.82, 2.24) is 15.5 Å². The smallest absolute Gasteiger partial charge is 0.254 e. The normalized spacial score (nSPS) is 18.6. The molecule has 88 valence electrons. The summed E-state index contributed by atoms with van der Waals surface area (Å²) in [6.45, 7) is 0.619. The monoisotopic (exact) mass is 248 g/mol. The molecule has 0 bridgehead atoms. The molecule has 1 unspecified atom stereocenters. The molecule has 0 spiro atoms. The van der Waals surface area contributed by atoms with Gasteiger partial charge in [0.15, 0.2) is 0 Å². The van der Waals surface area contributed by atoms with Crippen LogP contribution in [0.2, 0.25) is 0 Å². The molecule has 0 radical (unpaired) electrons. The molecule has 0 saturated heterocycles. The molecule has 2 aromatic heterocycles. The second-order valence-electron chi connectivity index (χ2n) is 3.92. The van der Waals surface area contributed by atoms with E-state index >= 15 is 0 Å². The van der Waals surface area contributed by atoms with Crippen LogP contribution in [0.3, 0.4) is 0 Å². The Morgan fingerprint density at radius 3 is 3.18 bits per heavy atom. The minimum atomic E-state index is 0.00126. The molecule has 3 rings (SSSR count). The highest BCUT2D eigenvalue weighted by molar-refractivity contribution is 7.14. The number of thiophene rings is 1. The Labute approximate surface area is 102 Å². The summed E-state index contributed by atoms with van der Waals surface area (Å²) in [5, 5.41) is 15.9. The summed E-state index contributed by atoms with van der Waals surface area (Å²) in [5.41, 5.74) is 2.88. The number of aromatic amines is 1. The maximum Gasteiger partial charge on any atom is 0.254 e. The maximum absolute atomic E-state index is 11.9. The summed E-state index contributed by atoms with van der Waals surface area (Å²) in [7, 11) is 1.83. The number of H-pyrrole nitrogens is 1. The third kappa shape index (κ3) is 1.52. The molecule has 17 heavy (non-hydrogen) atoms. The van der Waals surface area contributed by atoms with Crippen LogP contribution in [0, 0.1) is 0 Å². The zero-order valence-electron chi connectivity index (χ0n) is 9.28. The van der Waals surface area contributed by atoms with E-state index in [4.69, 9.17) is 0 Å². The predicted molar refractivity (Wildman–Crippen MR) is 66.6 cm³/mol. The number of hydrogen-bond acceptors (Lipinski definition) is 4. The molecule has 6 heteroatoms. The van der Waals surface area contributed by atoms with Crippen molar-refractivity contribution in [3.05, 3.63) is 34.5 Å². The lowest BCUT2D eigenvalue weighted by molar-refractivity contribution is 0.0944. The van der Waals surface area contributed by atoms with Crippen molar-refractivity contribution in [2.45, 2.75) is 5.92 Å². The Bertz CT molecular complexity index is 546. The molecule has 5 nitrogen and oxygen atoms in total. The Balaban J connectivity index is 2.10. The van der Waals surface area contributed by atoms with Crippen LogP contribution >= 0.6 is 11.3 Å². The maximum atomic E-state index is 11.9. The largest absolute Gasteiger partial charge is 0.379 e. The van der Waals surface area contributed by atoms with E-state index < -0.39 is 0 Å². The number of nitrogens with one attached hydrogen (secondary N) is 3. The van der Waals surface area contributed by atoms with E-state index in [0.29, 0.717) is 6.54 Å². The number of hydrogen-bond donors (Lipinski definition) is 3. The van der Waals surface area contributed by atoms with Crippen molar-refractivity contribution in [2.24, 2.45) is 0 Å². The van der Waals surface area contributed by atoms with E-state index in [1.165, 1.54) is 0 Å². The van der Waals surface area contributed by atoms with Crippen molar-refractivity contribution >= 4 is 22.2 Å². The van der Waals surface area contributed by atoms with Gasteiger partial charge < -0.3 is 10.6 Å². The first-order valence-electron chi connectivity index (χ1n) is 5.38. The molecule has 2 aromatic rings. The summed E-state index contributed by atoms with van der Waals surface area (Å²) < 4.78 is 0. The zero-order chi connectivity index (χ0) is 11.8. The van der Waals surface area contributed by atoms with Gasteiger partial charge in [-0.15, -0.1) is 11.3 Å². The molecule has 1 atom stereocenters. The van der Waals surface area contributed by atoms with Gasteiger partial charge >= 0.3 is 0 Å². The van der Waals surface area contributed by atoms with Gasteiger partial charge in [0.2, 0.25) is 0 Å². The van der Waals surface area contributed by atoms with Crippen LogP contribution < -0.4 is 10.6 Å². The molecule has 1 aliphatic rings. The van der Waals surface area contributed by atoms with Gasteiger partial charge in [0.25, 0.3) is 5.91 Å². The summed E-state index contributed by atoms with van der Waals surface area (Å²) in [6, 6.07) is 1.95. The van der Waals surface area contributed by atoms with Crippen molar-refractivity contribution < 1.29 is 4.79 Å². The van der Waals surface area contributed by atoms with Crippen LogP contribution in [-0.2, 0) is 0 Å². The SMILES string of the molecule is CNc1scc2c1C(=O)NCC2c1ccn[nH]1. The van der Waals surface area contributed by atoms with Gasteiger partial charge in [-0.3, -0.25) is 9.89 Å². The van der Waals surface area contributed by atoms with E-state index in [1.807, 2.05) is 18.5 Å². The van der Waals surface area contributed by atoms with Gasteiger partial charge in [0, 0.05) is 31.4 Å². The summed E-state index contributed by atoms with van der Waals surface area (Å²) in [6.07, 6.45) is 1.73. The lowest BCUT2D eigenvalue weighted by atomic mass is 9.91. The van der Waals surface area contributed by atoms with Gasteiger partial charge in [-0.1, -0.05) is 0 Å². The standard InChI is InChI=1S/C11H12N4OS/c1-12-11-9-7(5-17-11)6(4-13-10(9)16)8-2-3-14-15-8/h2-3,5-6,12H,4H2,1H3,(H,13,16)(H,14,15). The highest BCUT2D eigenvalue weighted by Crippen LogP contribution is 2.37. The average molecular weight is 248 g/mol. The van der Waals surface area contributed by atoms with Crippen molar-refractivity contribution in [3.8, 4) is 0 Å². The number of carbonyl (C=O) groups excluding carboxylic acids is 1. The Kier molecular flexibility index (Phi) is 2.36.